The van der Waals surface area contributed by atoms with Crippen molar-refractivity contribution in [3.63, 3.8) is 0 Å². The molecule has 1 atom stereocenters. The first-order valence-corrected chi connectivity index (χ1v) is 7.29. The highest BCUT2D eigenvalue weighted by molar-refractivity contribution is 9.10. The number of halogens is 2. The zero-order chi connectivity index (χ0) is 14.1. The van der Waals surface area contributed by atoms with Gasteiger partial charge >= 0.3 is 0 Å². The molecule has 0 saturated carbocycles. The van der Waals surface area contributed by atoms with E-state index >= 15 is 0 Å². The van der Waals surface area contributed by atoms with Crippen LogP contribution >= 0.6 is 28.3 Å². The van der Waals surface area contributed by atoms with E-state index in [-0.39, 0.29) is 24.4 Å². The summed E-state index contributed by atoms with van der Waals surface area (Å²) in [7, 11) is 0. The van der Waals surface area contributed by atoms with Crippen molar-refractivity contribution in [3.05, 3.63) is 28.7 Å². The maximum atomic E-state index is 11.5. The van der Waals surface area contributed by atoms with E-state index < -0.39 is 0 Å². The third-order valence-electron chi connectivity index (χ3n) is 2.64. The quantitative estimate of drug-likeness (QED) is 0.696. The number of carbonyl (C=O) groups excluding carboxylic acids is 1. The van der Waals surface area contributed by atoms with Gasteiger partial charge in [-0.2, -0.15) is 0 Å². The first kappa shape index (κ1) is 19.2. The molecule has 0 fully saturated rings. The lowest BCUT2D eigenvalue weighted by Crippen LogP contribution is -2.37. The van der Waals surface area contributed by atoms with Crippen LogP contribution in [0.2, 0.25) is 0 Å². The standard InChI is InChI=1S/C14H21BrN2O2.ClH/c1-11(10-16)17-14(18)4-2-3-9-19-13-7-5-12(15)6-8-13;/h5-8,11H,2-4,9-10,16H2,1H3,(H,17,18);1H/t11-;/m0./s1. The molecule has 3 N–H and O–H groups in total. The fraction of sp³-hybridized carbons (Fsp3) is 0.500. The summed E-state index contributed by atoms with van der Waals surface area (Å²) in [6.07, 6.45) is 2.20. The minimum atomic E-state index is 0. The van der Waals surface area contributed by atoms with Gasteiger partial charge in [-0.25, -0.2) is 0 Å². The van der Waals surface area contributed by atoms with Crippen LogP contribution in [0.3, 0.4) is 0 Å². The van der Waals surface area contributed by atoms with Gasteiger partial charge in [-0.05, 0) is 44.0 Å². The molecule has 4 nitrogen and oxygen atoms in total. The second-order valence-electron chi connectivity index (χ2n) is 4.46. The van der Waals surface area contributed by atoms with Gasteiger partial charge in [0.2, 0.25) is 5.91 Å². The molecule has 114 valence electrons. The summed E-state index contributed by atoms with van der Waals surface area (Å²) in [6.45, 7) is 2.99. The van der Waals surface area contributed by atoms with Gasteiger partial charge in [0.15, 0.2) is 0 Å². The summed E-state index contributed by atoms with van der Waals surface area (Å²) >= 11 is 3.37. The van der Waals surface area contributed by atoms with Crippen molar-refractivity contribution in [2.75, 3.05) is 13.2 Å². The molecule has 20 heavy (non-hydrogen) atoms. The molecule has 0 aromatic heterocycles. The molecule has 0 saturated heterocycles. The Balaban J connectivity index is 0.00000361. The van der Waals surface area contributed by atoms with Crippen molar-refractivity contribution in [1.29, 1.82) is 0 Å². The van der Waals surface area contributed by atoms with E-state index in [9.17, 15) is 4.79 Å². The molecule has 1 rings (SSSR count). The number of hydrogen-bond donors (Lipinski definition) is 2. The molecule has 0 aliphatic rings. The molecular formula is C14H22BrClN2O2. The molecule has 0 spiro atoms. The number of carbonyl (C=O) groups is 1. The summed E-state index contributed by atoms with van der Waals surface area (Å²) in [5, 5.41) is 2.83. The van der Waals surface area contributed by atoms with Crippen LogP contribution in [-0.2, 0) is 4.79 Å². The molecule has 0 heterocycles. The molecule has 0 aliphatic carbocycles. The molecule has 0 aliphatic heterocycles. The third kappa shape index (κ3) is 8.40. The number of ether oxygens (including phenoxy) is 1. The summed E-state index contributed by atoms with van der Waals surface area (Å²) in [5.41, 5.74) is 5.43. The van der Waals surface area contributed by atoms with Crippen LogP contribution in [0.5, 0.6) is 5.75 Å². The van der Waals surface area contributed by atoms with Gasteiger partial charge in [-0.3, -0.25) is 4.79 Å². The molecular weight excluding hydrogens is 344 g/mol. The Bertz CT molecular complexity index is 387. The minimum absolute atomic E-state index is 0. The summed E-state index contributed by atoms with van der Waals surface area (Å²) in [5.74, 6) is 0.908. The van der Waals surface area contributed by atoms with Crippen molar-refractivity contribution >= 4 is 34.2 Å². The van der Waals surface area contributed by atoms with Crippen LogP contribution in [0.1, 0.15) is 26.2 Å². The first-order valence-electron chi connectivity index (χ1n) is 6.49. The predicted molar refractivity (Wildman–Crippen MR) is 87.4 cm³/mol. The van der Waals surface area contributed by atoms with Gasteiger partial charge in [0, 0.05) is 23.5 Å². The average molecular weight is 366 g/mol. The lowest BCUT2D eigenvalue weighted by atomic mass is 10.2. The van der Waals surface area contributed by atoms with Crippen LogP contribution < -0.4 is 15.8 Å². The summed E-state index contributed by atoms with van der Waals surface area (Å²) in [4.78, 5) is 11.5. The number of amides is 1. The van der Waals surface area contributed by atoms with E-state index in [4.69, 9.17) is 10.5 Å². The Morgan fingerprint density at radius 1 is 1.35 bits per heavy atom. The third-order valence-corrected chi connectivity index (χ3v) is 3.17. The Kier molecular flexibility index (Phi) is 10.5. The summed E-state index contributed by atoms with van der Waals surface area (Å²) in [6, 6.07) is 7.76. The van der Waals surface area contributed by atoms with E-state index in [0.29, 0.717) is 19.6 Å². The normalized spacial score (nSPS) is 11.3. The highest BCUT2D eigenvalue weighted by Crippen LogP contribution is 2.16. The van der Waals surface area contributed by atoms with E-state index in [1.165, 1.54) is 0 Å². The van der Waals surface area contributed by atoms with E-state index in [1.54, 1.807) is 0 Å². The molecule has 0 bridgehead atoms. The fourth-order valence-electron chi connectivity index (χ4n) is 1.51. The van der Waals surface area contributed by atoms with Gasteiger partial charge in [0.25, 0.3) is 0 Å². The van der Waals surface area contributed by atoms with Gasteiger partial charge in [0.05, 0.1) is 6.61 Å². The van der Waals surface area contributed by atoms with Crippen LogP contribution in [0.4, 0.5) is 0 Å². The summed E-state index contributed by atoms with van der Waals surface area (Å²) < 4.78 is 6.61. The monoisotopic (exact) mass is 364 g/mol. The predicted octanol–water partition coefficient (Wildman–Crippen LogP) is 2.88. The molecule has 0 unspecified atom stereocenters. The molecule has 0 radical (unpaired) electrons. The maximum absolute atomic E-state index is 11.5. The van der Waals surface area contributed by atoms with Crippen LogP contribution in [-0.4, -0.2) is 25.1 Å². The molecule has 1 amide bonds. The second-order valence-corrected chi connectivity index (χ2v) is 5.38. The lowest BCUT2D eigenvalue weighted by Gasteiger charge is -2.11. The molecule has 1 aromatic carbocycles. The minimum Gasteiger partial charge on any atom is -0.494 e. The van der Waals surface area contributed by atoms with Gasteiger partial charge < -0.3 is 15.8 Å². The van der Waals surface area contributed by atoms with Crippen molar-refractivity contribution in [3.8, 4) is 5.75 Å². The highest BCUT2D eigenvalue weighted by Gasteiger charge is 2.04. The second kappa shape index (κ2) is 10.9. The van der Waals surface area contributed by atoms with Gasteiger partial charge in [0.1, 0.15) is 5.75 Å². The van der Waals surface area contributed by atoms with Crippen LogP contribution in [0.15, 0.2) is 28.7 Å². The van der Waals surface area contributed by atoms with Crippen molar-refractivity contribution in [2.24, 2.45) is 5.73 Å². The van der Waals surface area contributed by atoms with Crippen LogP contribution in [0, 0.1) is 0 Å². The van der Waals surface area contributed by atoms with Crippen LogP contribution in [0.25, 0.3) is 0 Å². The number of benzene rings is 1. The number of rotatable bonds is 8. The number of nitrogens with one attached hydrogen (secondary N) is 1. The first-order chi connectivity index (χ1) is 9.11. The van der Waals surface area contributed by atoms with Crippen molar-refractivity contribution < 1.29 is 9.53 Å². The number of nitrogens with two attached hydrogens (primary N) is 1. The van der Waals surface area contributed by atoms with E-state index in [1.807, 2.05) is 31.2 Å². The Hall–Kier alpha value is -0.780. The fourth-order valence-corrected chi connectivity index (χ4v) is 1.78. The van der Waals surface area contributed by atoms with Gasteiger partial charge in [-0.1, -0.05) is 15.9 Å². The van der Waals surface area contributed by atoms with E-state index in [0.717, 1.165) is 23.1 Å². The van der Waals surface area contributed by atoms with Crippen molar-refractivity contribution in [1.82, 2.24) is 5.32 Å². The highest BCUT2D eigenvalue weighted by atomic mass is 79.9. The number of unbranched alkanes of at least 4 members (excludes halogenated alkanes) is 1. The molecule has 6 heteroatoms. The Morgan fingerprint density at radius 2 is 2.00 bits per heavy atom. The topological polar surface area (TPSA) is 64.3 Å². The molecule has 1 aromatic rings. The SMILES string of the molecule is C[C@@H](CN)NC(=O)CCCCOc1ccc(Br)cc1.Cl. The zero-order valence-electron chi connectivity index (χ0n) is 11.6. The largest absolute Gasteiger partial charge is 0.494 e. The average Bonchev–Trinajstić information content (AvgIpc) is 2.40. The maximum Gasteiger partial charge on any atom is 0.220 e. The van der Waals surface area contributed by atoms with Gasteiger partial charge in [-0.15, -0.1) is 12.4 Å². The Labute approximate surface area is 135 Å². The van der Waals surface area contributed by atoms with E-state index in [2.05, 4.69) is 21.2 Å². The Morgan fingerprint density at radius 3 is 2.60 bits per heavy atom. The smallest absolute Gasteiger partial charge is 0.220 e. The lowest BCUT2D eigenvalue weighted by molar-refractivity contribution is -0.121. The zero-order valence-corrected chi connectivity index (χ0v) is 14.0. The van der Waals surface area contributed by atoms with Crippen molar-refractivity contribution in [2.45, 2.75) is 32.2 Å². The number of hydrogen-bond acceptors (Lipinski definition) is 3.